The van der Waals surface area contributed by atoms with Crippen LogP contribution in [0.4, 0.5) is 0 Å². The van der Waals surface area contributed by atoms with Crippen molar-refractivity contribution in [1.29, 1.82) is 0 Å². The molecule has 0 unspecified atom stereocenters. The summed E-state index contributed by atoms with van der Waals surface area (Å²) >= 11 is 17.1. The topological polar surface area (TPSA) is 61.8 Å². The van der Waals surface area contributed by atoms with Crippen molar-refractivity contribution in [1.82, 2.24) is 0 Å². The maximum absolute atomic E-state index is 11.0. The van der Waals surface area contributed by atoms with Gasteiger partial charge in [0.15, 0.2) is 5.75 Å². The van der Waals surface area contributed by atoms with Crippen molar-refractivity contribution in [3.63, 3.8) is 0 Å². The molecule has 0 amide bonds. The van der Waals surface area contributed by atoms with Crippen molar-refractivity contribution in [2.75, 3.05) is 6.61 Å². The Morgan fingerprint density at radius 2 is 1.67 bits per heavy atom. The van der Waals surface area contributed by atoms with E-state index < -0.39 is 10.4 Å². The van der Waals surface area contributed by atoms with Gasteiger partial charge in [-0.2, -0.15) is 8.42 Å². The van der Waals surface area contributed by atoms with Gasteiger partial charge in [0.25, 0.3) is 0 Å². The van der Waals surface area contributed by atoms with Crippen LogP contribution in [0.2, 0.25) is 15.1 Å². The van der Waals surface area contributed by atoms with E-state index in [1.165, 1.54) is 19.1 Å². The first-order valence-electron chi connectivity index (χ1n) is 4.25. The monoisotopic (exact) mass is 344 g/mol. The third-order valence-electron chi connectivity index (χ3n) is 1.44. The molecular weight excluding hydrogens is 337 g/mol. The fraction of sp³-hybridized carbons (Fsp3) is 0.250. The SMILES string of the molecule is CCOS(=O)(=O)OOc1cc(Cl)c(Cl)cc1Cl.[NaH]. The minimum atomic E-state index is -4.23. The summed E-state index contributed by atoms with van der Waals surface area (Å²) in [6, 6.07) is 2.51. The Labute approximate surface area is 142 Å². The van der Waals surface area contributed by atoms with Gasteiger partial charge in [-0.3, -0.25) is 0 Å². The molecule has 10 heteroatoms. The molecule has 1 rings (SSSR count). The van der Waals surface area contributed by atoms with Crippen LogP contribution in [-0.2, 0) is 18.9 Å². The van der Waals surface area contributed by atoms with E-state index in [1.54, 1.807) is 0 Å². The van der Waals surface area contributed by atoms with Crippen molar-refractivity contribution in [2.45, 2.75) is 6.92 Å². The van der Waals surface area contributed by atoms with E-state index in [9.17, 15) is 8.42 Å². The zero-order valence-electron chi connectivity index (χ0n) is 8.45. The van der Waals surface area contributed by atoms with Gasteiger partial charge in [-0.05, 0) is 17.3 Å². The molecule has 5 nitrogen and oxygen atoms in total. The Morgan fingerprint density at radius 3 is 2.22 bits per heavy atom. The molecule has 0 aromatic heterocycles. The molecule has 0 spiro atoms. The number of hydrogen-bond acceptors (Lipinski definition) is 5. The molecule has 0 atom stereocenters. The molecule has 1 aromatic rings. The predicted molar refractivity (Wildman–Crippen MR) is 70.9 cm³/mol. The van der Waals surface area contributed by atoms with Gasteiger partial charge in [-0.25, -0.2) is 4.18 Å². The summed E-state index contributed by atoms with van der Waals surface area (Å²) in [5.74, 6) is -0.0932. The Balaban J connectivity index is 0.00000289. The summed E-state index contributed by atoms with van der Waals surface area (Å²) in [6.45, 7) is 1.40. The summed E-state index contributed by atoms with van der Waals surface area (Å²) in [6.07, 6.45) is 0. The van der Waals surface area contributed by atoms with Crippen molar-refractivity contribution in [3.8, 4) is 5.75 Å². The van der Waals surface area contributed by atoms with Gasteiger partial charge in [0, 0.05) is 6.07 Å². The summed E-state index contributed by atoms with van der Waals surface area (Å²) in [4.78, 5) is 4.50. The van der Waals surface area contributed by atoms with Crippen LogP contribution in [0, 0.1) is 0 Å². The van der Waals surface area contributed by atoms with Gasteiger partial charge < -0.3 is 4.89 Å². The molecule has 0 N–H and O–H groups in total. The molecule has 0 radical (unpaired) electrons. The summed E-state index contributed by atoms with van der Waals surface area (Å²) in [5.41, 5.74) is 0. The summed E-state index contributed by atoms with van der Waals surface area (Å²) < 4.78 is 30.4. The number of benzene rings is 1. The molecule has 0 aliphatic rings. The molecule has 0 heterocycles. The third kappa shape index (κ3) is 5.81. The van der Waals surface area contributed by atoms with Gasteiger partial charge in [0.1, 0.15) is 0 Å². The molecule has 0 aliphatic heterocycles. The molecule has 0 fully saturated rings. The van der Waals surface area contributed by atoms with Crippen molar-refractivity contribution < 1.29 is 21.8 Å². The van der Waals surface area contributed by atoms with E-state index in [0.717, 1.165) is 0 Å². The van der Waals surface area contributed by atoms with Gasteiger partial charge in [0.2, 0.25) is 0 Å². The van der Waals surface area contributed by atoms with Crippen LogP contribution in [0.5, 0.6) is 5.75 Å². The second-order valence-corrected chi connectivity index (χ2v) is 5.07. The standard InChI is InChI=1S/C8H7Cl3O5S.Na.H/c1-2-14-17(12,13)16-15-8-4-6(10)5(9)3-7(8)11;;/h3-4H,2H2,1H3;;. The quantitative estimate of drug-likeness (QED) is 0.355. The van der Waals surface area contributed by atoms with Crippen LogP contribution in [0.1, 0.15) is 6.92 Å². The maximum atomic E-state index is 11.0. The number of rotatable bonds is 5. The predicted octanol–water partition coefficient (Wildman–Crippen LogP) is 2.59. The van der Waals surface area contributed by atoms with Crippen LogP contribution >= 0.6 is 34.8 Å². The molecular formula is C8H8Cl3NaO5S. The molecule has 0 aliphatic carbocycles. The average Bonchev–Trinajstić information content (AvgIpc) is 2.21. The Kier molecular flexibility index (Phi) is 8.48. The van der Waals surface area contributed by atoms with Crippen LogP contribution in [0.15, 0.2) is 12.1 Å². The first-order chi connectivity index (χ1) is 7.85. The molecule has 0 saturated carbocycles. The van der Waals surface area contributed by atoms with Gasteiger partial charge >= 0.3 is 40.0 Å². The molecule has 98 valence electrons. The zero-order valence-corrected chi connectivity index (χ0v) is 11.5. The summed E-state index contributed by atoms with van der Waals surface area (Å²) in [5, 5.41) is 0.395. The summed E-state index contributed by atoms with van der Waals surface area (Å²) in [7, 11) is -4.23. The molecule has 0 saturated heterocycles. The van der Waals surface area contributed by atoms with E-state index in [1.807, 2.05) is 0 Å². The third-order valence-corrected chi connectivity index (χ3v) is 3.22. The van der Waals surface area contributed by atoms with Crippen molar-refractivity contribution in [3.05, 3.63) is 27.2 Å². The first-order valence-corrected chi connectivity index (χ1v) is 6.72. The average molecular weight is 346 g/mol. The second-order valence-electron chi connectivity index (χ2n) is 2.66. The zero-order chi connectivity index (χ0) is 13.1. The molecule has 0 bridgehead atoms. The van der Waals surface area contributed by atoms with E-state index in [-0.39, 0.29) is 57.0 Å². The van der Waals surface area contributed by atoms with Gasteiger partial charge in [0.05, 0.1) is 21.7 Å². The van der Waals surface area contributed by atoms with Crippen LogP contribution in [0.25, 0.3) is 0 Å². The Bertz CT molecular complexity index is 508. The van der Waals surface area contributed by atoms with Gasteiger partial charge in [-0.1, -0.05) is 34.8 Å². The van der Waals surface area contributed by atoms with Gasteiger partial charge in [-0.15, -0.1) is 0 Å². The van der Waals surface area contributed by atoms with E-state index in [2.05, 4.69) is 13.4 Å². The Hall–Kier alpha value is 0.760. The number of halogens is 3. The fourth-order valence-corrected chi connectivity index (χ4v) is 1.86. The molecule has 18 heavy (non-hydrogen) atoms. The van der Waals surface area contributed by atoms with Crippen LogP contribution < -0.4 is 4.89 Å². The molecule has 1 aromatic carbocycles. The first kappa shape index (κ1) is 18.8. The van der Waals surface area contributed by atoms with Crippen molar-refractivity contribution >= 4 is 74.8 Å². The minimum absolute atomic E-state index is 0. The van der Waals surface area contributed by atoms with Crippen LogP contribution in [-0.4, -0.2) is 44.6 Å². The van der Waals surface area contributed by atoms with Crippen molar-refractivity contribution in [2.24, 2.45) is 0 Å². The normalized spacial score (nSPS) is 10.9. The van der Waals surface area contributed by atoms with Crippen LogP contribution in [0.3, 0.4) is 0 Å². The van der Waals surface area contributed by atoms with E-state index >= 15 is 0 Å². The number of hydrogen-bond donors (Lipinski definition) is 0. The Morgan fingerprint density at radius 1 is 1.11 bits per heavy atom. The second kappa shape index (κ2) is 8.14. The van der Waals surface area contributed by atoms with E-state index in [0.29, 0.717) is 0 Å². The fourth-order valence-electron chi connectivity index (χ4n) is 0.810. The van der Waals surface area contributed by atoms with E-state index in [4.69, 9.17) is 34.8 Å².